The first-order valence-electron chi connectivity index (χ1n) is 2.94. The largest absolute Gasteiger partial charge is 0.376 e. The van der Waals surface area contributed by atoms with Gasteiger partial charge in [0.05, 0.1) is 20.6 Å². The summed E-state index contributed by atoms with van der Waals surface area (Å²) in [4.78, 5) is 0. The average molecular weight is 114 g/mol. The molecule has 0 N–H and O–H groups in total. The summed E-state index contributed by atoms with van der Waals surface area (Å²) in [5.74, 6) is 0. The molecule has 0 amide bonds. The molecule has 48 valence electrons. The highest BCUT2D eigenvalue weighted by atomic mass is 16.5. The standard InChI is InChI=1S/C6H12O.BH3/c1-5-3-4-6(2)7-5;/h5-6H,3-4H2,1-2H3;1H3. The average Bonchev–Trinajstić information content (AvgIpc) is 1.87. The molecule has 1 nitrogen and oxygen atoms in total. The van der Waals surface area contributed by atoms with Crippen LogP contribution in [0.1, 0.15) is 26.7 Å². The highest BCUT2D eigenvalue weighted by molar-refractivity contribution is 5.75. The van der Waals surface area contributed by atoms with Crippen LogP contribution < -0.4 is 0 Å². The molecule has 1 rings (SSSR count). The third kappa shape index (κ3) is 1.87. The third-order valence-corrected chi connectivity index (χ3v) is 1.44. The Morgan fingerprint density at radius 1 is 1.12 bits per heavy atom. The van der Waals surface area contributed by atoms with Crippen LogP contribution in [0.5, 0.6) is 0 Å². The highest BCUT2D eigenvalue weighted by Gasteiger charge is 2.16. The maximum absolute atomic E-state index is 5.36. The van der Waals surface area contributed by atoms with Crippen LogP contribution in [0.3, 0.4) is 0 Å². The predicted molar refractivity (Wildman–Crippen MR) is 39.2 cm³/mol. The van der Waals surface area contributed by atoms with Crippen molar-refractivity contribution in [2.24, 2.45) is 0 Å². The van der Waals surface area contributed by atoms with Gasteiger partial charge >= 0.3 is 0 Å². The van der Waals surface area contributed by atoms with Gasteiger partial charge in [0, 0.05) is 0 Å². The van der Waals surface area contributed by atoms with Crippen LogP contribution in [0.2, 0.25) is 0 Å². The van der Waals surface area contributed by atoms with Crippen LogP contribution in [0.15, 0.2) is 0 Å². The maximum atomic E-state index is 5.36. The molecule has 1 aliphatic rings. The van der Waals surface area contributed by atoms with Crippen LogP contribution in [-0.2, 0) is 4.74 Å². The molecular formula is C6H15BO. The molecule has 2 unspecified atom stereocenters. The third-order valence-electron chi connectivity index (χ3n) is 1.44. The molecule has 0 radical (unpaired) electrons. The molecule has 0 saturated carbocycles. The summed E-state index contributed by atoms with van der Waals surface area (Å²) < 4.78 is 5.36. The Morgan fingerprint density at radius 3 is 1.62 bits per heavy atom. The van der Waals surface area contributed by atoms with Crippen molar-refractivity contribution in [2.45, 2.75) is 38.9 Å². The molecule has 0 aromatic heterocycles. The zero-order chi connectivity index (χ0) is 5.28. The van der Waals surface area contributed by atoms with Crippen molar-refractivity contribution in [2.75, 3.05) is 0 Å². The summed E-state index contributed by atoms with van der Waals surface area (Å²) in [7, 11) is 0. The molecule has 8 heavy (non-hydrogen) atoms. The van der Waals surface area contributed by atoms with E-state index in [9.17, 15) is 0 Å². The molecule has 0 aliphatic carbocycles. The lowest BCUT2D eigenvalue weighted by Crippen LogP contribution is -2.01. The van der Waals surface area contributed by atoms with E-state index in [1.807, 2.05) is 0 Å². The zero-order valence-electron chi connectivity index (χ0n) is 4.98. The van der Waals surface area contributed by atoms with Crippen molar-refractivity contribution in [1.82, 2.24) is 0 Å². The van der Waals surface area contributed by atoms with Gasteiger partial charge in [0.15, 0.2) is 0 Å². The summed E-state index contributed by atoms with van der Waals surface area (Å²) in [5.41, 5.74) is 0. The molecule has 1 fully saturated rings. The molecular weight excluding hydrogens is 98.9 g/mol. The smallest absolute Gasteiger partial charge is 0.0814 e. The SMILES string of the molecule is B.CC1CCC(C)O1. The summed E-state index contributed by atoms with van der Waals surface area (Å²) in [6, 6.07) is 0. The minimum atomic E-state index is 0. The Labute approximate surface area is 53.0 Å². The molecule has 0 aromatic rings. The Morgan fingerprint density at radius 2 is 1.50 bits per heavy atom. The summed E-state index contributed by atoms with van der Waals surface area (Å²) in [5, 5.41) is 0. The van der Waals surface area contributed by atoms with Crippen LogP contribution in [0.4, 0.5) is 0 Å². The quantitative estimate of drug-likeness (QED) is 0.414. The van der Waals surface area contributed by atoms with E-state index in [4.69, 9.17) is 4.74 Å². The van der Waals surface area contributed by atoms with E-state index in [0.29, 0.717) is 12.2 Å². The second-order valence-corrected chi connectivity index (χ2v) is 2.33. The second-order valence-electron chi connectivity index (χ2n) is 2.33. The van der Waals surface area contributed by atoms with E-state index in [1.165, 1.54) is 12.8 Å². The van der Waals surface area contributed by atoms with E-state index >= 15 is 0 Å². The molecule has 1 heterocycles. The first-order chi connectivity index (χ1) is 3.29. The molecule has 1 saturated heterocycles. The Kier molecular flexibility index (Phi) is 3.14. The monoisotopic (exact) mass is 114 g/mol. The normalized spacial score (nSPS) is 36.8. The van der Waals surface area contributed by atoms with Gasteiger partial charge in [-0.3, -0.25) is 0 Å². The minimum Gasteiger partial charge on any atom is -0.376 e. The van der Waals surface area contributed by atoms with Crippen LogP contribution in [-0.4, -0.2) is 20.6 Å². The molecule has 0 spiro atoms. The number of rotatable bonds is 0. The van der Waals surface area contributed by atoms with Crippen molar-refractivity contribution in [3.05, 3.63) is 0 Å². The first kappa shape index (κ1) is 8.02. The summed E-state index contributed by atoms with van der Waals surface area (Å²) >= 11 is 0. The van der Waals surface area contributed by atoms with E-state index in [0.717, 1.165) is 0 Å². The first-order valence-corrected chi connectivity index (χ1v) is 2.94. The fraction of sp³-hybridized carbons (Fsp3) is 1.00. The van der Waals surface area contributed by atoms with Gasteiger partial charge in [-0.05, 0) is 26.7 Å². The van der Waals surface area contributed by atoms with Gasteiger partial charge in [-0.1, -0.05) is 0 Å². The molecule has 2 heteroatoms. The van der Waals surface area contributed by atoms with Gasteiger partial charge in [0.1, 0.15) is 0 Å². The van der Waals surface area contributed by atoms with E-state index < -0.39 is 0 Å². The van der Waals surface area contributed by atoms with Crippen molar-refractivity contribution in [1.29, 1.82) is 0 Å². The van der Waals surface area contributed by atoms with Crippen molar-refractivity contribution in [3.63, 3.8) is 0 Å². The van der Waals surface area contributed by atoms with Crippen molar-refractivity contribution in [3.8, 4) is 0 Å². The Hall–Kier alpha value is 0.0249. The molecule has 0 bridgehead atoms. The topological polar surface area (TPSA) is 9.23 Å². The van der Waals surface area contributed by atoms with E-state index in [1.54, 1.807) is 0 Å². The maximum Gasteiger partial charge on any atom is 0.0814 e. The van der Waals surface area contributed by atoms with Crippen molar-refractivity contribution < 1.29 is 4.74 Å². The fourth-order valence-corrected chi connectivity index (χ4v) is 1.00. The van der Waals surface area contributed by atoms with Crippen LogP contribution >= 0.6 is 0 Å². The Bertz CT molecular complexity index is 57.5. The lowest BCUT2D eigenvalue weighted by atomic mass is 10.2. The van der Waals surface area contributed by atoms with Gasteiger partial charge < -0.3 is 4.74 Å². The summed E-state index contributed by atoms with van der Waals surface area (Å²) in [6.45, 7) is 4.26. The Balaban J connectivity index is 0.000000490. The lowest BCUT2D eigenvalue weighted by Gasteiger charge is -2.01. The van der Waals surface area contributed by atoms with Gasteiger partial charge in [0.25, 0.3) is 0 Å². The molecule has 0 aromatic carbocycles. The fourth-order valence-electron chi connectivity index (χ4n) is 1.00. The number of ether oxygens (including phenoxy) is 1. The van der Waals surface area contributed by atoms with Gasteiger partial charge in [-0.25, -0.2) is 0 Å². The van der Waals surface area contributed by atoms with Gasteiger partial charge in [-0.2, -0.15) is 0 Å². The van der Waals surface area contributed by atoms with Crippen LogP contribution in [0, 0.1) is 0 Å². The minimum absolute atomic E-state index is 0. The second kappa shape index (κ2) is 3.13. The highest BCUT2D eigenvalue weighted by Crippen LogP contribution is 2.17. The lowest BCUT2D eigenvalue weighted by molar-refractivity contribution is 0.0673. The predicted octanol–water partition coefficient (Wildman–Crippen LogP) is 0.390. The number of hydrogen-bond donors (Lipinski definition) is 0. The van der Waals surface area contributed by atoms with E-state index in [2.05, 4.69) is 13.8 Å². The number of hydrogen-bond acceptors (Lipinski definition) is 1. The zero-order valence-corrected chi connectivity index (χ0v) is 4.98. The van der Waals surface area contributed by atoms with Gasteiger partial charge in [0.2, 0.25) is 0 Å². The molecule has 2 atom stereocenters. The summed E-state index contributed by atoms with van der Waals surface area (Å²) in [6.07, 6.45) is 3.55. The van der Waals surface area contributed by atoms with Crippen LogP contribution in [0.25, 0.3) is 0 Å². The van der Waals surface area contributed by atoms with Gasteiger partial charge in [-0.15, -0.1) is 0 Å². The van der Waals surface area contributed by atoms with E-state index in [-0.39, 0.29) is 8.41 Å². The van der Waals surface area contributed by atoms with Crippen molar-refractivity contribution >= 4 is 8.41 Å². The molecule has 1 aliphatic heterocycles.